The van der Waals surface area contributed by atoms with Gasteiger partial charge in [0.15, 0.2) is 5.82 Å². The lowest BCUT2D eigenvalue weighted by Gasteiger charge is -2.32. The van der Waals surface area contributed by atoms with Crippen LogP contribution in [-0.4, -0.2) is 90.3 Å². The highest BCUT2D eigenvalue weighted by Crippen LogP contribution is 2.34. The minimum atomic E-state index is -0.110. The van der Waals surface area contributed by atoms with E-state index in [1.165, 1.54) is 0 Å². The Labute approximate surface area is 227 Å². The maximum absolute atomic E-state index is 6.47. The number of piperazine rings is 1. The number of aromatic nitrogens is 7. The summed E-state index contributed by atoms with van der Waals surface area (Å²) < 4.78 is 16.2. The number of nitrogens with zero attached hydrogens (tertiary/aromatic N) is 9. The van der Waals surface area contributed by atoms with Gasteiger partial charge in [-0.15, -0.1) is 0 Å². The first-order chi connectivity index (χ1) is 18.9. The number of likely N-dealkylation sites (N-methyl/N-ethyl adjacent to an activating group) is 1. The first kappa shape index (κ1) is 25.3. The number of ether oxygens (including phenoxy) is 2. The van der Waals surface area contributed by atoms with Crippen LogP contribution < -0.4 is 14.8 Å². The summed E-state index contributed by atoms with van der Waals surface area (Å²) in [7, 11) is 6.01. The highest BCUT2D eigenvalue weighted by molar-refractivity contribution is 5.70. The van der Waals surface area contributed by atoms with Gasteiger partial charge in [-0.3, -0.25) is 9.58 Å². The fraction of sp³-hybridized carbons (Fsp3) is 0.444. The number of hydrogen-bond acceptors (Lipinski definition) is 10. The van der Waals surface area contributed by atoms with Crippen LogP contribution in [0, 0.1) is 0 Å². The molecule has 4 aromatic heterocycles. The first-order valence-corrected chi connectivity index (χ1v) is 13.3. The number of pyridine rings is 1. The van der Waals surface area contributed by atoms with E-state index in [4.69, 9.17) is 14.6 Å². The molecule has 6 heterocycles. The molecule has 4 bridgehead atoms. The molecule has 2 aliphatic heterocycles. The van der Waals surface area contributed by atoms with Gasteiger partial charge < -0.3 is 19.7 Å². The van der Waals surface area contributed by atoms with Gasteiger partial charge >= 0.3 is 0 Å². The van der Waals surface area contributed by atoms with Crippen LogP contribution in [-0.2, 0) is 20.6 Å². The number of rotatable bonds is 3. The monoisotopic (exact) mass is 530 g/mol. The van der Waals surface area contributed by atoms with E-state index in [0.717, 1.165) is 55.2 Å². The van der Waals surface area contributed by atoms with Crippen molar-refractivity contribution >= 4 is 11.6 Å². The number of nitrogens with one attached hydrogen (secondary N) is 1. The van der Waals surface area contributed by atoms with Crippen molar-refractivity contribution in [3.63, 3.8) is 0 Å². The van der Waals surface area contributed by atoms with E-state index in [1.54, 1.807) is 23.1 Å². The summed E-state index contributed by atoms with van der Waals surface area (Å²) in [5.41, 5.74) is 3.58. The second-order valence-electron chi connectivity index (χ2n) is 10.2. The maximum atomic E-state index is 6.47. The van der Waals surface area contributed by atoms with Crippen molar-refractivity contribution in [2.45, 2.75) is 26.0 Å². The molecule has 6 rings (SSSR count). The fourth-order valence-corrected chi connectivity index (χ4v) is 4.85. The molecule has 39 heavy (non-hydrogen) atoms. The molecule has 2 aliphatic rings. The Kier molecular flexibility index (Phi) is 6.88. The average Bonchev–Trinajstić information content (AvgIpc) is 3.47. The molecule has 0 aliphatic carbocycles. The zero-order valence-electron chi connectivity index (χ0n) is 22.8. The van der Waals surface area contributed by atoms with Gasteiger partial charge in [0.1, 0.15) is 22.9 Å². The third-order valence-corrected chi connectivity index (χ3v) is 7.23. The number of aryl methyl sites for hydroxylation is 2. The van der Waals surface area contributed by atoms with Crippen LogP contribution in [0.1, 0.15) is 19.0 Å². The Morgan fingerprint density at radius 3 is 2.67 bits per heavy atom. The first-order valence-electron chi connectivity index (χ1n) is 13.3. The molecule has 12 heteroatoms. The Bertz CT molecular complexity index is 1460. The molecule has 0 saturated carbocycles. The molecule has 0 spiro atoms. The van der Waals surface area contributed by atoms with Gasteiger partial charge in [-0.25, -0.2) is 19.6 Å². The third-order valence-electron chi connectivity index (χ3n) is 7.23. The summed E-state index contributed by atoms with van der Waals surface area (Å²) in [4.78, 5) is 18.6. The number of fused-ring (bicyclic) bond motifs is 6. The Balaban J connectivity index is 1.31. The third kappa shape index (κ3) is 5.43. The molecule has 1 N–H and O–H groups in total. The van der Waals surface area contributed by atoms with Crippen LogP contribution in [0.5, 0.6) is 11.6 Å². The molecular formula is C27H34N10O2. The molecule has 1 atom stereocenters. The zero-order valence-corrected chi connectivity index (χ0v) is 22.8. The van der Waals surface area contributed by atoms with Crippen LogP contribution in [0.25, 0.3) is 22.6 Å². The molecule has 4 aromatic rings. The van der Waals surface area contributed by atoms with Crippen molar-refractivity contribution in [3.8, 4) is 34.3 Å². The quantitative estimate of drug-likeness (QED) is 0.424. The maximum Gasteiger partial charge on any atom is 0.222 e. The average molecular weight is 531 g/mol. The van der Waals surface area contributed by atoms with Crippen molar-refractivity contribution < 1.29 is 9.47 Å². The van der Waals surface area contributed by atoms with E-state index in [-0.39, 0.29) is 6.10 Å². The highest BCUT2D eigenvalue weighted by atomic mass is 16.5. The van der Waals surface area contributed by atoms with E-state index in [1.807, 2.05) is 38.0 Å². The van der Waals surface area contributed by atoms with Crippen LogP contribution in [0.3, 0.4) is 0 Å². The van der Waals surface area contributed by atoms with E-state index >= 15 is 0 Å². The van der Waals surface area contributed by atoms with Crippen LogP contribution >= 0.6 is 0 Å². The summed E-state index contributed by atoms with van der Waals surface area (Å²) in [6.45, 7) is 7.63. The normalized spacial score (nSPS) is 18.4. The lowest BCUT2D eigenvalue weighted by atomic mass is 10.1. The SMILES string of the molecule is C[C@H]1CCOc2c(cnn2C)-c2nccc(n2)Nc2cc(c(-c3cc(CN4CCN(C)CC4)n(C)n3)cn2)O1. The van der Waals surface area contributed by atoms with Crippen LogP contribution in [0.15, 0.2) is 36.8 Å². The predicted molar refractivity (Wildman–Crippen MR) is 147 cm³/mol. The van der Waals surface area contributed by atoms with Crippen LogP contribution in [0.4, 0.5) is 11.6 Å². The molecule has 0 aromatic carbocycles. The predicted octanol–water partition coefficient (Wildman–Crippen LogP) is 2.71. The number of anilines is 2. The summed E-state index contributed by atoms with van der Waals surface area (Å²) in [6, 6.07) is 5.85. The van der Waals surface area contributed by atoms with E-state index in [9.17, 15) is 0 Å². The summed E-state index contributed by atoms with van der Waals surface area (Å²) in [6.07, 6.45) is 5.80. The summed E-state index contributed by atoms with van der Waals surface area (Å²) >= 11 is 0. The minimum Gasteiger partial charge on any atom is -0.490 e. The smallest absolute Gasteiger partial charge is 0.222 e. The Hall–Kier alpha value is -4.03. The van der Waals surface area contributed by atoms with Crippen molar-refractivity contribution in [3.05, 3.63) is 42.5 Å². The van der Waals surface area contributed by atoms with Gasteiger partial charge in [-0.05, 0) is 26.1 Å². The minimum absolute atomic E-state index is 0.110. The lowest BCUT2D eigenvalue weighted by Crippen LogP contribution is -2.44. The van der Waals surface area contributed by atoms with Gasteiger partial charge in [0.2, 0.25) is 5.88 Å². The summed E-state index contributed by atoms with van der Waals surface area (Å²) in [5, 5.41) is 12.5. The van der Waals surface area contributed by atoms with Crippen molar-refractivity contribution in [2.75, 3.05) is 45.2 Å². The van der Waals surface area contributed by atoms with Gasteiger partial charge in [0, 0.05) is 71.7 Å². The van der Waals surface area contributed by atoms with E-state index < -0.39 is 0 Å². The van der Waals surface area contributed by atoms with Gasteiger partial charge in [-0.1, -0.05) is 0 Å². The largest absolute Gasteiger partial charge is 0.490 e. The fourth-order valence-electron chi connectivity index (χ4n) is 4.85. The molecule has 204 valence electrons. The van der Waals surface area contributed by atoms with Gasteiger partial charge in [0.25, 0.3) is 0 Å². The van der Waals surface area contributed by atoms with Gasteiger partial charge in [0.05, 0.1) is 35.9 Å². The molecule has 1 fully saturated rings. The second kappa shape index (κ2) is 10.6. The molecule has 1 saturated heterocycles. The van der Waals surface area contributed by atoms with E-state index in [0.29, 0.717) is 42.1 Å². The van der Waals surface area contributed by atoms with Crippen molar-refractivity contribution in [2.24, 2.45) is 14.1 Å². The van der Waals surface area contributed by atoms with E-state index in [2.05, 4.69) is 48.3 Å². The Morgan fingerprint density at radius 2 is 1.82 bits per heavy atom. The Morgan fingerprint density at radius 1 is 0.974 bits per heavy atom. The lowest BCUT2D eigenvalue weighted by molar-refractivity contribution is 0.145. The zero-order chi connectivity index (χ0) is 26.9. The highest BCUT2D eigenvalue weighted by Gasteiger charge is 2.21. The second-order valence-corrected chi connectivity index (χ2v) is 10.2. The van der Waals surface area contributed by atoms with Gasteiger partial charge in [-0.2, -0.15) is 10.2 Å². The molecule has 12 nitrogen and oxygen atoms in total. The summed E-state index contributed by atoms with van der Waals surface area (Å²) in [5.74, 6) is 3.09. The number of hydrogen-bond donors (Lipinski definition) is 1. The molecular weight excluding hydrogens is 496 g/mol. The standard InChI is InChI=1S/C27H34N10O2/c1-18-6-12-38-27-21(16-30-36(27)4)26-28-7-5-24(32-26)31-25-14-23(39-18)20(15-29-25)22-13-19(35(3)33-22)17-37-10-8-34(2)9-11-37/h5,7,13-16,18H,6,8-12,17H2,1-4H3,(H,28,29,31,32)/t18-/m0/s1. The van der Waals surface area contributed by atoms with Crippen LogP contribution in [0.2, 0.25) is 0 Å². The van der Waals surface area contributed by atoms with Crippen molar-refractivity contribution in [1.29, 1.82) is 0 Å². The topological polar surface area (TPSA) is 111 Å². The molecule has 0 radical (unpaired) electrons. The van der Waals surface area contributed by atoms with Crippen molar-refractivity contribution in [1.82, 2.24) is 44.3 Å². The molecule has 0 amide bonds. The molecule has 0 unspecified atom stereocenters.